The topological polar surface area (TPSA) is 54.9 Å². The maximum atomic E-state index is 12.2. The fourth-order valence-corrected chi connectivity index (χ4v) is 3.68. The van der Waals surface area contributed by atoms with Crippen LogP contribution in [0.4, 0.5) is 5.13 Å². The molecule has 0 radical (unpaired) electrons. The highest BCUT2D eigenvalue weighted by Crippen LogP contribution is 2.26. The molecule has 100 valence electrons. The number of aromatic nitrogens is 2. The number of benzene rings is 1. The minimum Gasteiger partial charge on any atom is -0.296 e. The fraction of sp³-hybridized carbons (Fsp3) is 0.250. The number of rotatable bonds is 5. The van der Waals surface area contributed by atoms with Gasteiger partial charge in [0.1, 0.15) is 0 Å². The molecule has 7 heteroatoms. The van der Waals surface area contributed by atoms with Crippen molar-refractivity contribution >= 4 is 45.9 Å². The summed E-state index contributed by atoms with van der Waals surface area (Å²) in [6.07, 6.45) is 1.95. The van der Waals surface area contributed by atoms with Crippen molar-refractivity contribution in [1.82, 2.24) is 10.2 Å². The van der Waals surface area contributed by atoms with Gasteiger partial charge in [-0.1, -0.05) is 42.2 Å². The first-order valence-electron chi connectivity index (χ1n) is 5.65. The second kappa shape index (κ2) is 6.93. The monoisotopic (exact) mass is 311 g/mol. The van der Waals surface area contributed by atoms with Gasteiger partial charge in [-0.2, -0.15) is 0 Å². The Kier molecular flexibility index (Phi) is 5.24. The highest BCUT2D eigenvalue weighted by atomic mass is 32.2. The summed E-state index contributed by atoms with van der Waals surface area (Å²) in [7, 11) is 0. The Balaban J connectivity index is 2.11. The van der Waals surface area contributed by atoms with Crippen LogP contribution in [0.15, 0.2) is 33.5 Å². The zero-order valence-corrected chi connectivity index (χ0v) is 13.0. The van der Waals surface area contributed by atoms with Crippen LogP contribution in [0, 0.1) is 0 Å². The van der Waals surface area contributed by atoms with Gasteiger partial charge < -0.3 is 0 Å². The zero-order chi connectivity index (χ0) is 13.7. The van der Waals surface area contributed by atoms with Crippen molar-refractivity contribution in [3.05, 3.63) is 29.8 Å². The number of nitrogens with zero attached hydrogens (tertiary/aromatic N) is 2. The SMILES string of the molecule is CCSc1nnc(NC(=O)c2ccccc2SC)s1. The predicted molar refractivity (Wildman–Crippen MR) is 82.5 cm³/mol. The first-order chi connectivity index (χ1) is 9.24. The minimum atomic E-state index is -0.144. The van der Waals surface area contributed by atoms with E-state index >= 15 is 0 Å². The number of hydrogen-bond donors (Lipinski definition) is 1. The highest BCUT2D eigenvalue weighted by Gasteiger charge is 2.13. The summed E-state index contributed by atoms with van der Waals surface area (Å²) in [6, 6.07) is 7.51. The number of nitrogens with one attached hydrogen (secondary N) is 1. The molecule has 1 aromatic heterocycles. The molecular formula is C12H13N3OS3. The van der Waals surface area contributed by atoms with Gasteiger partial charge in [0.2, 0.25) is 5.13 Å². The van der Waals surface area contributed by atoms with Crippen LogP contribution in [-0.4, -0.2) is 28.1 Å². The molecule has 0 saturated heterocycles. The summed E-state index contributed by atoms with van der Waals surface area (Å²) in [5.74, 6) is 0.798. The van der Waals surface area contributed by atoms with E-state index in [1.54, 1.807) is 23.5 Å². The summed E-state index contributed by atoms with van der Waals surface area (Å²) in [6.45, 7) is 2.05. The van der Waals surface area contributed by atoms with Crippen LogP contribution in [0.2, 0.25) is 0 Å². The maximum absolute atomic E-state index is 12.2. The van der Waals surface area contributed by atoms with Crippen LogP contribution in [-0.2, 0) is 0 Å². The summed E-state index contributed by atoms with van der Waals surface area (Å²) in [5.41, 5.74) is 0.662. The zero-order valence-electron chi connectivity index (χ0n) is 10.5. The molecule has 0 aliphatic carbocycles. The summed E-state index contributed by atoms with van der Waals surface area (Å²) in [5, 5.41) is 11.3. The standard InChI is InChI=1S/C12H13N3OS3/c1-3-18-12-15-14-11(19-12)13-10(16)8-6-4-5-7-9(8)17-2/h4-7H,3H2,1-2H3,(H,13,14,16). The lowest BCUT2D eigenvalue weighted by Gasteiger charge is -2.05. The first-order valence-corrected chi connectivity index (χ1v) is 8.68. The molecule has 0 atom stereocenters. The number of amides is 1. The largest absolute Gasteiger partial charge is 0.296 e. The van der Waals surface area contributed by atoms with E-state index in [9.17, 15) is 4.79 Å². The van der Waals surface area contributed by atoms with Crippen molar-refractivity contribution in [2.75, 3.05) is 17.3 Å². The average molecular weight is 311 g/mol. The third-order valence-electron chi connectivity index (χ3n) is 2.25. The Morgan fingerprint density at radius 1 is 1.37 bits per heavy atom. The first kappa shape index (κ1) is 14.4. The van der Waals surface area contributed by atoms with Crippen molar-refractivity contribution in [2.24, 2.45) is 0 Å². The van der Waals surface area contributed by atoms with Gasteiger partial charge in [0.15, 0.2) is 4.34 Å². The lowest BCUT2D eigenvalue weighted by Crippen LogP contribution is -2.12. The minimum absolute atomic E-state index is 0.144. The third-order valence-corrected chi connectivity index (χ3v) is 4.90. The number of carbonyl (C=O) groups is 1. The lowest BCUT2D eigenvalue weighted by molar-refractivity contribution is 0.102. The Labute approximate surface area is 124 Å². The Bertz CT molecular complexity index is 571. The number of carbonyl (C=O) groups excluding carboxylic acids is 1. The molecule has 0 bridgehead atoms. The van der Waals surface area contributed by atoms with Crippen LogP contribution < -0.4 is 5.32 Å². The number of thioether (sulfide) groups is 2. The molecule has 1 heterocycles. The third kappa shape index (κ3) is 3.71. The van der Waals surface area contributed by atoms with Crippen molar-refractivity contribution in [1.29, 1.82) is 0 Å². The molecule has 0 fully saturated rings. The van der Waals surface area contributed by atoms with Crippen molar-refractivity contribution in [3.63, 3.8) is 0 Å². The van der Waals surface area contributed by atoms with E-state index < -0.39 is 0 Å². The van der Waals surface area contributed by atoms with Gasteiger partial charge >= 0.3 is 0 Å². The normalized spacial score (nSPS) is 10.4. The maximum Gasteiger partial charge on any atom is 0.258 e. The molecule has 0 aliphatic rings. The van der Waals surface area contributed by atoms with Crippen LogP contribution in [0.5, 0.6) is 0 Å². The molecule has 0 unspecified atom stereocenters. The highest BCUT2D eigenvalue weighted by molar-refractivity contribution is 8.01. The molecule has 4 nitrogen and oxygen atoms in total. The molecule has 19 heavy (non-hydrogen) atoms. The van der Waals surface area contributed by atoms with E-state index in [-0.39, 0.29) is 5.91 Å². The van der Waals surface area contributed by atoms with E-state index in [4.69, 9.17) is 0 Å². The van der Waals surface area contributed by atoms with Gasteiger partial charge in [-0.25, -0.2) is 0 Å². The summed E-state index contributed by atoms with van der Waals surface area (Å²) < 4.78 is 0.871. The average Bonchev–Trinajstić information content (AvgIpc) is 2.86. The van der Waals surface area contributed by atoms with Gasteiger partial charge in [-0.15, -0.1) is 22.0 Å². The molecule has 1 aromatic carbocycles. The molecule has 0 aliphatic heterocycles. The van der Waals surface area contributed by atoms with Crippen LogP contribution in [0.25, 0.3) is 0 Å². The Hall–Kier alpha value is -1.05. The molecule has 0 saturated carbocycles. The van der Waals surface area contributed by atoms with Crippen molar-refractivity contribution in [2.45, 2.75) is 16.2 Å². The number of anilines is 1. The van der Waals surface area contributed by atoms with E-state index in [0.29, 0.717) is 10.7 Å². The van der Waals surface area contributed by atoms with Crippen molar-refractivity contribution in [3.8, 4) is 0 Å². The van der Waals surface area contributed by atoms with Gasteiger partial charge in [0.05, 0.1) is 5.56 Å². The van der Waals surface area contributed by atoms with E-state index in [2.05, 4.69) is 22.4 Å². The second-order valence-electron chi connectivity index (χ2n) is 3.46. The lowest BCUT2D eigenvalue weighted by atomic mass is 10.2. The smallest absolute Gasteiger partial charge is 0.258 e. The fourth-order valence-electron chi connectivity index (χ4n) is 1.44. The summed E-state index contributed by atoms with van der Waals surface area (Å²) in [4.78, 5) is 13.1. The number of hydrogen-bond acceptors (Lipinski definition) is 6. The van der Waals surface area contributed by atoms with E-state index in [0.717, 1.165) is 15.0 Å². The van der Waals surface area contributed by atoms with E-state index in [1.165, 1.54) is 11.3 Å². The summed E-state index contributed by atoms with van der Waals surface area (Å²) >= 11 is 4.56. The quantitative estimate of drug-likeness (QED) is 0.675. The van der Waals surface area contributed by atoms with Crippen LogP contribution in [0.1, 0.15) is 17.3 Å². The van der Waals surface area contributed by atoms with Crippen LogP contribution in [0.3, 0.4) is 0 Å². The van der Waals surface area contributed by atoms with Gasteiger partial charge in [-0.3, -0.25) is 10.1 Å². The predicted octanol–water partition coefficient (Wildman–Crippen LogP) is 3.62. The van der Waals surface area contributed by atoms with E-state index in [1.807, 2.05) is 30.5 Å². The Morgan fingerprint density at radius 2 is 2.16 bits per heavy atom. The van der Waals surface area contributed by atoms with Gasteiger partial charge in [0.25, 0.3) is 5.91 Å². The molecule has 2 rings (SSSR count). The van der Waals surface area contributed by atoms with Gasteiger partial charge in [0, 0.05) is 4.90 Å². The molecule has 0 spiro atoms. The van der Waals surface area contributed by atoms with Gasteiger partial charge in [-0.05, 0) is 24.1 Å². The molecular weight excluding hydrogens is 298 g/mol. The Morgan fingerprint density at radius 3 is 2.89 bits per heavy atom. The molecule has 2 aromatic rings. The van der Waals surface area contributed by atoms with Crippen LogP contribution >= 0.6 is 34.9 Å². The molecule has 1 amide bonds. The van der Waals surface area contributed by atoms with Crippen molar-refractivity contribution < 1.29 is 4.79 Å². The second-order valence-corrected chi connectivity index (χ2v) is 6.80. The molecule has 1 N–H and O–H groups in total.